The van der Waals surface area contributed by atoms with Gasteiger partial charge in [-0.25, -0.2) is 0 Å². The summed E-state index contributed by atoms with van der Waals surface area (Å²) in [5.74, 6) is -0.992. The first-order valence-corrected chi connectivity index (χ1v) is 6.05. The molecule has 1 rings (SSSR count). The van der Waals surface area contributed by atoms with E-state index >= 15 is 0 Å². The summed E-state index contributed by atoms with van der Waals surface area (Å²) in [7, 11) is 0. The van der Waals surface area contributed by atoms with E-state index in [9.17, 15) is 14.7 Å². The molecule has 5 nitrogen and oxygen atoms in total. The highest BCUT2D eigenvalue weighted by molar-refractivity contribution is 14.1. The number of carbonyl (C=O) groups excluding carboxylic acids is 2. The molecule has 0 fully saturated rings. The molecule has 0 radical (unpaired) electrons. The van der Waals surface area contributed by atoms with E-state index in [1.165, 1.54) is 6.07 Å². The van der Waals surface area contributed by atoms with E-state index in [2.05, 4.69) is 5.32 Å². The van der Waals surface area contributed by atoms with E-state index in [-0.39, 0.29) is 23.8 Å². The molecule has 0 aliphatic carbocycles. The second kappa shape index (κ2) is 5.85. The Morgan fingerprint density at radius 1 is 1.53 bits per heavy atom. The van der Waals surface area contributed by atoms with Gasteiger partial charge in [-0.15, -0.1) is 0 Å². The Kier molecular flexibility index (Phi) is 4.73. The summed E-state index contributed by atoms with van der Waals surface area (Å²) in [4.78, 5) is 22.5. The smallest absolute Gasteiger partial charge is 0.255 e. The number of rotatable bonds is 4. The van der Waals surface area contributed by atoms with Crippen molar-refractivity contribution < 1.29 is 14.7 Å². The third kappa shape index (κ3) is 4.22. The molecular formula is C11H13IN2O3. The molecule has 0 aliphatic rings. The van der Waals surface area contributed by atoms with Crippen LogP contribution >= 0.6 is 22.6 Å². The summed E-state index contributed by atoms with van der Waals surface area (Å²) in [5.41, 5.74) is 5.21. The number of aromatic hydroxyl groups is 1. The third-order valence-electron chi connectivity index (χ3n) is 2.09. The first-order valence-electron chi connectivity index (χ1n) is 4.98. The zero-order valence-corrected chi connectivity index (χ0v) is 11.4. The van der Waals surface area contributed by atoms with Crippen molar-refractivity contribution in [1.82, 2.24) is 5.32 Å². The third-order valence-corrected chi connectivity index (χ3v) is 2.76. The summed E-state index contributed by atoms with van der Waals surface area (Å²) in [6.07, 6.45) is 0.0659. The van der Waals surface area contributed by atoms with Gasteiger partial charge >= 0.3 is 0 Å². The molecule has 0 heterocycles. The van der Waals surface area contributed by atoms with Crippen LogP contribution in [-0.2, 0) is 4.79 Å². The summed E-state index contributed by atoms with van der Waals surface area (Å²) >= 11 is 2.04. The first kappa shape index (κ1) is 13.8. The molecule has 1 aromatic carbocycles. The van der Waals surface area contributed by atoms with Crippen molar-refractivity contribution in [2.24, 2.45) is 5.73 Å². The van der Waals surface area contributed by atoms with Crippen LogP contribution in [0.25, 0.3) is 0 Å². The Hall–Kier alpha value is -1.31. The lowest BCUT2D eigenvalue weighted by molar-refractivity contribution is -0.118. The maximum atomic E-state index is 11.8. The van der Waals surface area contributed by atoms with Crippen molar-refractivity contribution in [3.63, 3.8) is 0 Å². The SMILES string of the molecule is CC(CC(N)=O)NC(=O)c1cc(I)ccc1O. The van der Waals surface area contributed by atoms with Crippen LogP contribution in [0.5, 0.6) is 5.75 Å². The van der Waals surface area contributed by atoms with Crippen LogP contribution in [0.2, 0.25) is 0 Å². The largest absolute Gasteiger partial charge is 0.507 e. The number of carbonyl (C=O) groups is 2. The van der Waals surface area contributed by atoms with Gasteiger partial charge in [0.15, 0.2) is 0 Å². The number of hydrogen-bond acceptors (Lipinski definition) is 3. The number of phenolic OH excluding ortho intramolecular Hbond substituents is 1. The number of benzene rings is 1. The van der Waals surface area contributed by atoms with Crippen LogP contribution in [0, 0.1) is 3.57 Å². The van der Waals surface area contributed by atoms with E-state index in [1.807, 2.05) is 22.6 Å². The van der Waals surface area contributed by atoms with Gasteiger partial charge in [0.2, 0.25) is 5.91 Å². The van der Waals surface area contributed by atoms with Crippen LogP contribution in [0.1, 0.15) is 23.7 Å². The van der Waals surface area contributed by atoms with Gasteiger partial charge in [-0.05, 0) is 47.7 Å². The second-order valence-corrected chi connectivity index (χ2v) is 4.95. The average molecular weight is 348 g/mol. The molecule has 1 atom stereocenters. The van der Waals surface area contributed by atoms with Gasteiger partial charge in [-0.1, -0.05) is 0 Å². The lowest BCUT2D eigenvalue weighted by Gasteiger charge is -2.12. The van der Waals surface area contributed by atoms with E-state index in [1.54, 1.807) is 19.1 Å². The molecule has 0 aliphatic heterocycles. The minimum absolute atomic E-state index is 0.0659. The number of phenols is 1. The predicted molar refractivity (Wildman–Crippen MR) is 71.6 cm³/mol. The van der Waals surface area contributed by atoms with Crippen molar-refractivity contribution >= 4 is 34.4 Å². The maximum Gasteiger partial charge on any atom is 0.255 e. The normalized spacial score (nSPS) is 11.9. The molecule has 0 saturated heterocycles. The van der Waals surface area contributed by atoms with Gasteiger partial charge in [0, 0.05) is 16.0 Å². The van der Waals surface area contributed by atoms with Crippen molar-refractivity contribution in [3.05, 3.63) is 27.3 Å². The van der Waals surface area contributed by atoms with Crippen molar-refractivity contribution in [2.75, 3.05) is 0 Å². The van der Waals surface area contributed by atoms with E-state index in [4.69, 9.17) is 5.73 Å². The van der Waals surface area contributed by atoms with E-state index < -0.39 is 11.8 Å². The van der Waals surface area contributed by atoms with Crippen LogP contribution in [0.3, 0.4) is 0 Å². The Morgan fingerprint density at radius 2 is 2.18 bits per heavy atom. The molecule has 1 aromatic rings. The number of primary amides is 1. The molecule has 0 saturated carbocycles. The fourth-order valence-electron chi connectivity index (χ4n) is 1.34. The first-order chi connectivity index (χ1) is 7.90. The summed E-state index contributed by atoms with van der Waals surface area (Å²) in [5, 5.41) is 12.1. The average Bonchev–Trinajstić information content (AvgIpc) is 2.20. The maximum absolute atomic E-state index is 11.8. The molecule has 17 heavy (non-hydrogen) atoms. The zero-order valence-electron chi connectivity index (χ0n) is 9.24. The number of halogens is 1. The number of nitrogens with one attached hydrogen (secondary N) is 1. The molecule has 0 spiro atoms. The Labute approximate surface area is 113 Å². The van der Waals surface area contributed by atoms with Crippen molar-refractivity contribution in [2.45, 2.75) is 19.4 Å². The predicted octanol–water partition coefficient (Wildman–Crippen LogP) is 0.990. The van der Waals surface area contributed by atoms with Crippen LogP contribution in [0.4, 0.5) is 0 Å². The van der Waals surface area contributed by atoms with Crippen molar-refractivity contribution in [1.29, 1.82) is 0 Å². The van der Waals surface area contributed by atoms with Gasteiger partial charge in [0.1, 0.15) is 5.75 Å². The topological polar surface area (TPSA) is 92.4 Å². The second-order valence-electron chi connectivity index (χ2n) is 3.71. The van der Waals surface area contributed by atoms with Gasteiger partial charge < -0.3 is 16.2 Å². The molecule has 92 valence electrons. The molecule has 2 amide bonds. The van der Waals surface area contributed by atoms with Crippen molar-refractivity contribution in [3.8, 4) is 5.75 Å². The van der Waals surface area contributed by atoms with Gasteiger partial charge in [0.05, 0.1) is 5.56 Å². The molecule has 6 heteroatoms. The van der Waals surface area contributed by atoms with E-state index in [0.29, 0.717) is 0 Å². The Morgan fingerprint density at radius 3 is 2.76 bits per heavy atom. The summed E-state index contributed by atoms with van der Waals surface area (Å²) in [6.45, 7) is 1.67. The van der Waals surface area contributed by atoms with Gasteiger partial charge in [0.25, 0.3) is 5.91 Å². The van der Waals surface area contributed by atoms with Gasteiger partial charge in [-0.2, -0.15) is 0 Å². The summed E-state index contributed by atoms with van der Waals surface area (Å²) < 4.78 is 0.841. The molecule has 1 unspecified atom stereocenters. The van der Waals surface area contributed by atoms with Crippen LogP contribution in [0.15, 0.2) is 18.2 Å². The standard InChI is InChI=1S/C11H13IN2O3/c1-6(4-10(13)16)14-11(17)8-5-7(12)2-3-9(8)15/h2-3,5-6,15H,4H2,1H3,(H2,13,16)(H,14,17). The lowest BCUT2D eigenvalue weighted by Crippen LogP contribution is -2.35. The Bertz CT molecular complexity index is 448. The monoisotopic (exact) mass is 348 g/mol. The van der Waals surface area contributed by atoms with Crippen LogP contribution < -0.4 is 11.1 Å². The highest BCUT2D eigenvalue weighted by Gasteiger charge is 2.15. The highest BCUT2D eigenvalue weighted by Crippen LogP contribution is 2.19. The fraction of sp³-hybridized carbons (Fsp3) is 0.273. The lowest BCUT2D eigenvalue weighted by atomic mass is 10.1. The minimum atomic E-state index is -0.482. The molecular weight excluding hydrogens is 335 g/mol. The quantitative estimate of drug-likeness (QED) is 0.709. The number of nitrogens with two attached hydrogens (primary N) is 1. The van der Waals surface area contributed by atoms with Gasteiger partial charge in [-0.3, -0.25) is 9.59 Å². The highest BCUT2D eigenvalue weighted by atomic mass is 127. The number of hydrogen-bond donors (Lipinski definition) is 3. The molecule has 0 bridgehead atoms. The fourth-order valence-corrected chi connectivity index (χ4v) is 1.84. The number of amides is 2. The van der Waals surface area contributed by atoms with Crippen LogP contribution in [-0.4, -0.2) is 23.0 Å². The molecule has 0 aromatic heterocycles. The molecule has 4 N–H and O–H groups in total. The summed E-state index contributed by atoms with van der Waals surface area (Å²) in [6, 6.07) is 4.36. The minimum Gasteiger partial charge on any atom is -0.507 e. The zero-order chi connectivity index (χ0) is 13.0. The van der Waals surface area contributed by atoms with E-state index in [0.717, 1.165) is 3.57 Å². The Balaban J connectivity index is 2.76.